The van der Waals surface area contributed by atoms with E-state index in [1.54, 1.807) is 0 Å². The lowest BCUT2D eigenvalue weighted by molar-refractivity contribution is -0.138. The van der Waals surface area contributed by atoms with Crippen LogP contribution in [0.15, 0.2) is 6.20 Å². The van der Waals surface area contributed by atoms with Gasteiger partial charge in [-0.15, -0.1) is 0 Å². The van der Waals surface area contributed by atoms with Gasteiger partial charge in [-0.2, -0.15) is 18.3 Å². The van der Waals surface area contributed by atoms with Crippen molar-refractivity contribution in [3.8, 4) is 0 Å². The van der Waals surface area contributed by atoms with Crippen LogP contribution in [0.3, 0.4) is 0 Å². The molecule has 102 valence electrons. The summed E-state index contributed by atoms with van der Waals surface area (Å²) >= 11 is 0. The molecule has 0 saturated heterocycles. The van der Waals surface area contributed by atoms with Crippen LogP contribution < -0.4 is 0 Å². The number of alkyl halides is 5. The Morgan fingerprint density at radius 3 is 2.56 bits per heavy atom. The molecule has 2 nitrogen and oxygen atoms in total. The second-order valence-corrected chi connectivity index (χ2v) is 4.81. The van der Waals surface area contributed by atoms with Crippen molar-refractivity contribution in [2.45, 2.75) is 44.8 Å². The molecule has 1 aromatic heterocycles. The smallest absolute Gasteiger partial charge is 0.272 e. The Kier molecular flexibility index (Phi) is 3.11. The second kappa shape index (κ2) is 4.20. The zero-order valence-electron chi connectivity index (χ0n) is 9.77. The highest BCUT2D eigenvalue weighted by Gasteiger charge is 2.40. The fraction of sp³-hybridized carbons (Fsp3) is 0.727. The van der Waals surface area contributed by atoms with Crippen LogP contribution in [0.1, 0.15) is 30.5 Å². The first-order valence-electron chi connectivity index (χ1n) is 5.66. The summed E-state index contributed by atoms with van der Waals surface area (Å²) in [6.45, 7) is 1.38. The highest BCUT2D eigenvalue weighted by Crippen LogP contribution is 2.39. The number of hydrogen-bond donors (Lipinski definition) is 0. The van der Waals surface area contributed by atoms with Crippen molar-refractivity contribution in [2.75, 3.05) is 0 Å². The normalized spacial score (nSPS) is 23.6. The Morgan fingerprint density at radius 1 is 1.44 bits per heavy atom. The molecule has 1 aromatic rings. The maximum Gasteiger partial charge on any atom is 0.419 e. The van der Waals surface area contributed by atoms with E-state index in [0.717, 1.165) is 10.9 Å². The standard InChI is InChI=1S/C11H13F5N2/c1-7-9(11(14,15)16)6-18(17-7)5-8-2-3-10(12,13)4-8/h6,8H,2-5H2,1H3. The summed E-state index contributed by atoms with van der Waals surface area (Å²) in [6.07, 6.45) is -3.68. The molecule has 1 aliphatic carbocycles. The molecule has 0 spiro atoms. The molecule has 1 heterocycles. The van der Waals surface area contributed by atoms with Gasteiger partial charge in [0.05, 0.1) is 11.3 Å². The van der Waals surface area contributed by atoms with Gasteiger partial charge in [-0.25, -0.2) is 8.78 Å². The van der Waals surface area contributed by atoms with Crippen molar-refractivity contribution < 1.29 is 22.0 Å². The van der Waals surface area contributed by atoms with E-state index in [1.807, 2.05) is 0 Å². The number of aromatic nitrogens is 2. The molecule has 0 N–H and O–H groups in total. The lowest BCUT2D eigenvalue weighted by atomic mass is 10.1. The molecular formula is C11H13F5N2. The van der Waals surface area contributed by atoms with Crippen molar-refractivity contribution in [3.63, 3.8) is 0 Å². The van der Waals surface area contributed by atoms with Gasteiger partial charge in [-0.3, -0.25) is 4.68 Å². The summed E-state index contributed by atoms with van der Waals surface area (Å²) in [5.74, 6) is -2.99. The lowest BCUT2D eigenvalue weighted by Crippen LogP contribution is -2.13. The van der Waals surface area contributed by atoms with E-state index >= 15 is 0 Å². The van der Waals surface area contributed by atoms with Crippen molar-refractivity contribution in [3.05, 3.63) is 17.5 Å². The van der Waals surface area contributed by atoms with E-state index < -0.39 is 17.7 Å². The minimum Gasteiger partial charge on any atom is -0.272 e. The highest BCUT2D eigenvalue weighted by atomic mass is 19.4. The van der Waals surface area contributed by atoms with Gasteiger partial charge < -0.3 is 0 Å². The molecule has 1 saturated carbocycles. The maximum atomic E-state index is 13.0. The Balaban J connectivity index is 2.08. The number of nitrogens with zero attached hydrogens (tertiary/aromatic N) is 2. The van der Waals surface area contributed by atoms with Crippen LogP contribution in [0.4, 0.5) is 22.0 Å². The quantitative estimate of drug-likeness (QED) is 0.749. The fourth-order valence-electron chi connectivity index (χ4n) is 2.35. The van der Waals surface area contributed by atoms with Crippen LogP contribution in [0.25, 0.3) is 0 Å². The summed E-state index contributed by atoms with van der Waals surface area (Å²) in [5, 5.41) is 3.74. The Labute approximate surface area is 101 Å². The van der Waals surface area contributed by atoms with Crippen LogP contribution in [0.5, 0.6) is 0 Å². The third-order valence-corrected chi connectivity index (χ3v) is 3.20. The maximum absolute atomic E-state index is 13.0. The zero-order chi connectivity index (χ0) is 13.6. The van der Waals surface area contributed by atoms with Crippen molar-refractivity contribution in [2.24, 2.45) is 5.92 Å². The number of halogens is 5. The summed E-state index contributed by atoms with van der Waals surface area (Å²) in [7, 11) is 0. The molecule has 0 amide bonds. The molecule has 1 aliphatic rings. The number of aryl methyl sites for hydroxylation is 1. The first-order valence-corrected chi connectivity index (χ1v) is 5.66. The second-order valence-electron chi connectivity index (χ2n) is 4.81. The molecule has 2 rings (SSSR count). The average Bonchev–Trinajstić information content (AvgIpc) is 2.69. The van der Waals surface area contributed by atoms with Crippen LogP contribution in [0, 0.1) is 12.8 Å². The SMILES string of the molecule is Cc1nn(CC2CCC(F)(F)C2)cc1C(F)(F)F. The molecule has 7 heteroatoms. The Morgan fingerprint density at radius 2 is 2.11 bits per heavy atom. The van der Waals surface area contributed by atoms with Gasteiger partial charge in [-0.05, 0) is 19.3 Å². The summed E-state index contributed by atoms with van der Waals surface area (Å²) < 4.78 is 64.6. The number of hydrogen-bond acceptors (Lipinski definition) is 1. The van der Waals surface area contributed by atoms with E-state index in [9.17, 15) is 22.0 Å². The van der Waals surface area contributed by atoms with Crippen LogP contribution in [-0.4, -0.2) is 15.7 Å². The van der Waals surface area contributed by atoms with Gasteiger partial charge in [-0.1, -0.05) is 0 Å². The third kappa shape index (κ3) is 2.81. The predicted molar refractivity (Wildman–Crippen MR) is 54.3 cm³/mol. The van der Waals surface area contributed by atoms with Crippen molar-refractivity contribution in [1.82, 2.24) is 9.78 Å². The molecule has 18 heavy (non-hydrogen) atoms. The molecule has 0 aromatic carbocycles. The monoisotopic (exact) mass is 268 g/mol. The third-order valence-electron chi connectivity index (χ3n) is 3.20. The molecule has 1 fully saturated rings. The Hall–Kier alpha value is -1.14. The van der Waals surface area contributed by atoms with Gasteiger partial charge >= 0.3 is 6.18 Å². The van der Waals surface area contributed by atoms with Gasteiger partial charge in [0.1, 0.15) is 0 Å². The highest BCUT2D eigenvalue weighted by molar-refractivity contribution is 5.18. The largest absolute Gasteiger partial charge is 0.419 e. The predicted octanol–water partition coefficient (Wildman–Crippen LogP) is 3.65. The Bertz CT molecular complexity index is 435. The first-order chi connectivity index (χ1) is 8.17. The molecule has 1 unspecified atom stereocenters. The van der Waals surface area contributed by atoms with E-state index in [4.69, 9.17) is 0 Å². The van der Waals surface area contributed by atoms with Gasteiger partial charge in [0.25, 0.3) is 0 Å². The average molecular weight is 268 g/mol. The van der Waals surface area contributed by atoms with Gasteiger partial charge in [0.15, 0.2) is 0 Å². The molecule has 1 atom stereocenters. The first kappa shape index (κ1) is 13.3. The lowest BCUT2D eigenvalue weighted by Gasteiger charge is -2.10. The van der Waals surface area contributed by atoms with E-state index in [1.165, 1.54) is 6.92 Å². The van der Waals surface area contributed by atoms with Crippen molar-refractivity contribution in [1.29, 1.82) is 0 Å². The topological polar surface area (TPSA) is 17.8 Å². The molecular weight excluding hydrogens is 255 g/mol. The molecule has 0 radical (unpaired) electrons. The molecule has 0 bridgehead atoms. The fourth-order valence-corrected chi connectivity index (χ4v) is 2.35. The number of rotatable bonds is 2. The minimum atomic E-state index is -4.44. The summed E-state index contributed by atoms with van der Waals surface area (Å²) in [5.41, 5.74) is -0.917. The summed E-state index contributed by atoms with van der Waals surface area (Å²) in [4.78, 5) is 0. The van der Waals surface area contributed by atoms with E-state index in [-0.39, 0.29) is 31.0 Å². The minimum absolute atomic E-state index is 0.118. The van der Waals surface area contributed by atoms with Crippen molar-refractivity contribution >= 4 is 0 Å². The van der Waals surface area contributed by atoms with Crippen LogP contribution in [0.2, 0.25) is 0 Å². The van der Waals surface area contributed by atoms with Crippen LogP contribution >= 0.6 is 0 Å². The zero-order valence-corrected chi connectivity index (χ0v) is 9.77. The molecule has 0 aliphatic heterocycles. The van der Waals surface area contributed by atoms with Crippen LogP contribution in [-0.2, 0) is 12.7 Å². The summed E-state index contributed by atoms with van der Waals surface area (Å²) in [6, 6.07) is 0. The van der Waals surface area contributed by atoms with Gasteiger partial charge in [0.2, 0.25) is 5.92 Å². The van der Waals surface area contributed by atoms with E-state index in [0.29, 0.717) is 6.42 Å². The van der Waals surface area contributed by atoms with E-state index in [2.05, 4.69) is 5.10 Å². The van der Waals surface area contributed by atoms with Gasteiger partial charge in [0, 0.05) is 25.6 Å².